The van der Waals surface area contributed by atoms with E-state index in [1.54, 1.807) is 12.4 Å². The van der Waals surface area contributed by atoms with E-state index in [0.29, 0.717) is 12.0 Å². The Morgan fingerprint density at radius 1 is 0.933 bits per heavy atom. The second-order valence-electron chi connectivity index (χ2n) is 8.20. The topological polar surface area (TPSA) is 62.5 Å². The second-order valence-corrected chi connectivity index (χ2v) is 8.20. The van der Waals surface area contributed by atoms with Crippen LogP contribution in [0.5, 0.6) is 0 Å². The molecular formula is C23H23N7. The van der Waals surface area contributed by atoms with Gasteiger partial charge in [-0.1, -0.05) is 30.3 Å². The summed E-state index contributed by atoms with van der Waals surface area (Å²) in [6, 6.07) is 19.3. The van der Waals surface area contributed by atoms with Gasteiger partial charge in [0.05, 0.1) is 0 Å². The summed E-state index contributed by atoms with van der Waals surface area (Å²) in [5, 5.41) is 13.5. The summed E-state index contributed by atoms with van der Waals surface area (Å²) in [5.74, 6) is 2.41. The van der Waals surface area contributed by atoms with Gasteiger partial charge in [-0.15, -0.1) is 15.3 Å². The average molecular weight is 397 g/mol. The smallest absolute Gasteiger partial charge is 0.187 e. The molecule has 0 bridgehead atoms. The first-order chi connectivity index (χ1) is 14.8. The fraction of sp³-hybridized carbons (Fsp3) is 0.304. The van der Waals surface area contributed by atoms with Crippen molar-refractivity contribution in [1.29, 1.82) is 0 Å². The van der Waals surface area contributed by atoms with Crippen LogP contribution in [0.15, 0.2) is 67.0 Å². The Hall–Kier alpha value is -3.32. The van der Waals surface area contributed by atoms with Gasteiger partial charge >= 0.3 is 0 Å². The molecule has 4 aromatic rings. The van der Waals surface area contributed by atoms with Crippen LogP contribution in [0.2, 0.25) is 0 Å². The summed E-state index contributed by atoms with van der Waals surface area (Å²) in [6.07, 6.45) is 4.81. The first-order valence-corrected chi connectivity index (χ1v) is 10.5. The lowest BCUT2D eigenvalue weighted by atomic mass is 10.0. The number of fused-ring (bicyclic) bond motifs is 2. The molecule has 2 atom stereocenters. The van der Waals surface area contributed by atoms with Crippen molar-refractivity contribution < 1.29 is 0 Å². The predicted octanol–water partition coefficient (Wildman–Crippen LogP) is 2.90. The third kappa shape index (κ3) is 3.02. The fourth-order valence-corrected chi connectivity index (χ4v) is 4.87. The molecule has 1 aromatic carbocycles. The Kier molecular flexibility index (Phi) is 4.19. The zero-order valence-corrected chi connectivity index (χ0v) is 16.7. The highest BCUT2D eigenvalue weighted by atomic mass is 15.4. The van der Waals surface area contributed by atoms with Gasteiger partial charge < -0.3 is 4.90 Å². The molecule has 7 heteroatoms. The number of benzene rings is 1. The maximum Gasteiger partial charge on any atom is 0.187 e. The van der Waals surface area contributed by atoms with Gasteiger partial charge in [-0.3, -0.25) is 9.88 Å². The van der Waals surface area contributed by atoms with E-state index in [0.717, 1.165) is 42.5 Å². The molecule has 30 heavy (non-hydrogen) atoms. The molecule has 6 rings (SSSR count). The van der Waals surface area contributed by atoms with E-state index in [4.69, 9.17) is 5.10 Å². The molecule has 0 radical (unpaired) electrons. The molecule has 0 N–H and O–H groups in total. The molecule has 150 valence electrons. The first kappa shape index (κ1) is 17.5. The van der Waals surface area contributed by atoms with Gasteiger partial charge in [0.15, 0.2) is 11.5 Å². The van der Waals surface area contributed by atoms with E-state index >= 15 is 0 Å². The Morgan fingerprint density at radius 2 is 1.87 bits per heavy atom. The Morgan fingerprint density at radius 3 is 2.73 bits per heavy atom. The summed E-state index contributed by atoms with van der Waals surface area (Å²) in [7, 11) is 0. The summed E-state index contributed by atoms with van der Waals surface area (Å²) >= 11 is 0. The molecule has 2 saturated heterocycles. The minimum absolute atomic E-state index is 0.585. The predicted molar refractivity (Wildman–Crippen MR) is 115 cm³/mol. The molecule has 0 saturated carbocycles. The van der Waals surface area contributed by atoms with Crippen molar-refractivity contribution in [2.24, 2.45) is 5.92 Å². The lowest BCUT2D eigenvalue weighted by Crippen LogP contribution is -2.35. The SMILES string of the molecule is c1ccc(CN2CC[C@@H]3CN(c4ccc5nnc(-c6cccnc6)n5n4)C[C@@H]32)cc1. The van der Waals surface area contributed by atoms with Crippen LogP contribution in [0.25, 0.3) is 17.0 Å². The van der Waals surface area contributed by atoms with Gasteiger partial charge in [0.25, 0.3) is 0 Å². The molecule has 7 nitrogen and oxygen atoms in total. The van der Waals surface area contributed by atoms with Crippen LogP contribution in [0.3, 0.4) is 0 Å². The first-order valence-electron chi connectivity index (χ1n) is 10.5. The molecule has 0 unspecified atom stereocenters. The van der Waals surface area contributed by atoms with Crippen molar-refractivity contribution in [1.82, 2.24) is 29.7 Å². The minimum atomic E-state index is 0.585. The van der Waals surface area contributed by atoms with E-state index in [1.807, 2.05) is 22.7 Å². The molecule has 2 aliphatic heterocycles. The van der Waals surface area contributed by atoms with E-state index < -0.39 is 0 Å². The highest BCUT2D eigenvalue weighted by Gasteiger charge is 2.41. The monoisotopic (exact) mass is 397 g/mol. The quantitative estimate of drug-likeness (QED) is 0.528. The Balaban J connectivity index is 1.25. The van der Waals surface area contributed by atoms with Gasteiger partial charge in [-0.25, -0.2) is 0 Å². The highest BCUT2D eigenvalue weighted by molar-refractivity contribution is 5.58. The number of likely N-dealkylation sites (tertiary alicyclic amines) is 1. The van der Waals surface area contributed by atoms with Crippen LogP contribution in [0, 0.1) is 5.92 Å². The van der Waals surface area contributed by atoms with E-state index in [9.17, 15) is 0 Å². The van der Waals surface area contributed by atoms with Crippen molar-refractivity contribution in [3.63, 3.8) is 0 Å². The normalized spacial score (nSPS) is 21.4. The minimum Gasteiger partial charge on any atom is -0.353 e. The van der Waals surface area contributed by atoms with Crippen molar-refractivity contribution in [3.8, 4) is 11.4 Å². The molecular weight excluding hydrogens is 374 g/mol. The second kappa shape index (κ2) is 7.18. The zero-order chi connectivity index (χ0) is 19.9. The number of hydrogen-bond acceptors (Lipinski definition) is 6. The van der Waals surface area contributed by atoms with Crippen LogP contribution in [-0.4, -0.2) is 55.4 Å². The zero-order valence-electron chi connectivity index (χ0n) is 16.7. The van der Waals surface area contributed by atoms with Crippen LogP contribution in [0.1, 0.15) is 12.0 Å². The number of hydrogen-bond donors (Lipinski definition) is 0. The summed E-state index contributed by atoms with van der Waals surface area (Å²) in [4.78, 5) is 9.26. The van der Waals surface area contributed by atoms with Crippen molar-refractivity contribution in [3.05, 3.63) is 72.6 Å². The number of rotatable bonds is 4. The van der Waals surface area contributed by atoms with E-state index in [2.05, 4.69) is 61.4 Å². The van der Waals surface area contributed by atoms with Crippen molar-refractivity contribution >= 4 is 11.5 Å². The maximum absolute atomic E-state index is 4.90. The third-order valence-corrected chi connectivity index (χ3v) is 6.38. The molecule has 2 fully saturated rings. The molecule has 0 aliphatic carbocycles. The van der Waals surface area contributed by atoms with Crippen LogP contribution >= 0.6 is 0 Å². The van der Waals surface area contributed by atoms with Crippen LogP contribution < -0.4 is 4.90 Å². The standard InChI is InChI=1S/C23H23N7/c1-2-5-17(6-3-1)14-28-12-10-19-15-29(16-20(19)28)22-9-8-21-25-26-23(30(21)27-22)18-7-4-11-24-13-18/h1-9,11,13,19-20H,10,12,14-16H2/t19-,20+/m1/s1. The van der Waals surface area contributed by atoms with Gasteiger partial charge in [-0.05, 0) is 48.7 Å². The molecule has 3 aromatic heterocycles. The number of nitrogens with zero attached hydrogens (tertiary/aromatic N) is 7. The Labute approximate surface area is 175 Å². The largest absolute Gasteiger partial charge is 0.353 e. The van der Waals surface area contributed by atoms with Crippen LogP contribution in [0.4, 0.5) is 5.82 Å². The molecule has 5 heterocycles. The Bertz CT molecular complexity index is 1160. The van der Waals surface area contributed by atoms with Gasteiger partial charge in [0.1, 0.15) is 5.82 Å². The van der Waals surface area contributed by atoms with E-state index in [1.165, 1.54) is 18.5 Å². The van der Waals surface area contributed by atoms with Gasteiger partial charge in [0.2, 0.25) is 0 Å². The lowest BCUT2D eigenvalue weighted by Gasteiger charge is -2.25. The van der Waals surface area contributed by atoms with Crippen LogP contribution in [-0.2, 0) is 6.54 Å². The summed E-state index contributed by atoms with van der Waals surface area (Å²) < 4.78 is 1.84. The van der Waals surface area contributed by atoms with Gasteiger partial charge in [0, 0.05) is 43.6 Å². The van der Waals surface area contributed by atoms with Crippen molar-refractivity contribution in [2.75, 3.05) is 24.5 Å². The van der Waals surface area contributed by atoms with E-state index in [-0.39, 0.29) is 0 Å². The third-order valence-electron chi connectivity index (χ3n) is 6.38. The summed E-state index contributed by atoms with van der Waals surface area (Å²) in [6.45, 7) is 4.28. The lowest BCUT2D eigenvalue weighted by molar-refractivity contribution is 0.245. The molecule has 2 aliphatic rings. The molecule has 0 amide bonds. The number of pyridine rings is 1. The molecule has 0 spiro atoms. The maximum atomic E-state index is 4.90. The highest BCUT2D eigenvalue weighted by Crippen LogP contribution is 2.34. The fourth-order valence-electron chi connectivity index (χ4n) is 4.87. The average Bonchev–Trinajstić information content (AvgIpc) is 3.50. The van der Waals surface area contributed by atoms with Crippen molar-refractivity contribution in [2.45, 2.75) is 19.0 Å². The number of aromatic nitrogens is 5. The summed E-state index contributed by atoms with van der Waals surface area (Å²) in [5.41, 5.74) is 3.06. The number of anilines is 1. The van der Waals surface area contributed by atoms with Gasteiger partial charge in [-0.2, -0.15) is 4.52 Å².